The summed E-state index contributed by atoms with van der Waals surface area (Å²) < 4.78 is 0. The molecule has 0 N–H and O–H groups in total. The van der Waals surface area contributed by atoms with E-state index in [1.54, 1.807) is 30.5 Å². The van der Waals surface area contributed by atoms with Gasteiger partial charge in [-0.3, -0.25) is 9.98 Å². The van der Waals surface area contributed by atoms with E-state index in [0.29, 0.717) is 23.0 Å². The van der Waals surface area contributed by atoms with E-state index in [1.807, 2.05) is 12.1 Å². The second-order valence-corrected chi connectivity index (χ2v) is 3.56. The SMILES string of the molecule is C=CC=N/C(=C\C=C)c1nnc(-c2ccccn2)nn1. The summed E-state index contributed by atoms with van der Waals surface area (Å²) in [5.74, 6) is 0.669. The number of hydrogen-bond acceptors (Lipinski definition) is 6. The summed E-state index contributed by atoms with van der Waals surface area (Å²) in [4.78, 5) is 8.26. The van der Waals surface area contributed by atoms with Crippen LogP contribution in [-0.4, -0.2) is 31.6 Å². The Morgan fingerprint density at radius 3 is 2.45 bits per heavy atom. The fraction of sp³-hybridized carbons (Fsp3) is 0. The Balaban J connectivity index is 2.31. The summed E-state index contributed by atoms with van der Waals surface area (Å²) in [6.45, 7) is 7.17. The highest BCUT2D eigenvalue weighted by Crippen LogP contribution is 2.12. The first kappa shape index (κ1) is 13.4. The quantitative estimate of drug-likeness (QED) is 0.610. The first-order chi connectivity index (χ1) is 9.85. The summed E-state index contributed by atoms with van der Waals surface area (Å²) in [5.41, 5.74) is 1.12. The molecule has 0 aliphatic rings. The van der Waals surface area contributed by atoms with E-state index >= 15 is 0 Å². The predicted octanol–water partition coefficient (Wildman–Crippen LogP) is 2.11. The van der Waals surface area contributed by atoms with Crippen LogP contribution in [0, 0.1) is 0 Å². The minimum absolute atomic E-state index is 0.308. The van der Waals surface area contributed by atoms with Crippen LogP contribution in [-0.2, 0) is 0 Å². The Bertz CT molecular complexity index is 643. The lowest BCUT2D eigenvalue weighted by molar-refractivity contribution is 0.837. The van der Waals surface area contributed by atoms with Gasteiger partial charge < -0.3 is 0 Å². The maximum Gasteiger partial charge on any atom is 0.221 e. The lowest BCUT2D eigenvalue weighted by Gasteiger charge is -1.99. The number of aliphatic imine (C=N–C) groups is 1. The maximum atomic E-state index is 4.13. The largest absolute Gasteiger partial charge is 0.253 e. The van der Waals surface area contributed by atoms with Gasteiger partial charge in [0.25, 0.3) is 0 Å². The standard InChI is InChI=1S/C14H12N6/c1-3-7-11(15-9-4-2)13-17-19-14(20-18-13)12-8-5-6-10-16-12/h3-10H,1-2H2/b11-7-,15-9?. The van der Waals surface area contributed by atoms with Crippen LogP contribution in [0.15, 0.2) is 60.8 Å². The number of rotatable bonds is 5. The molecule has 0 fully saturated rings. The van der Waals surface area contributed by atoms with Crippen molar-refractivity contribution in [3.63, 3.8) is 0 Å². The molecule has 2 heterocycles. The van der Waals surface area contributed by atoms with E-state index in [2.05, 4.69) is 43.5 Å². The fourth-order valence-electron chi connectivity index (χ4n) is 1.35. The van der Waals surface area contributed by atoms with Crippen molar-refractivity contribution in [2.45, 2.75) is 0 Å². The summed E-state index contributed by atoms with van der Waals surface area (Å²) in [5, 5.41) is 16.0. The van der Waals surface area contributed by atoms with Crippen molar-refractivity contribution < 1.29 is 0 Å². The van der Waals surface area contributed by atoms with E-state index in [9.17, 15) is 0 Å². The lowest BCUT2D eigenvalue weighted by Crippen LogP contribution is -2.02. The second kappa shape index (κ2) is 6.79. The molecule has 0 radical (unpaired) electrons. The van der Waals surface area contributed by atoms with Gasteiger partial charge in [0.15, 0.2) is 0 Å². The monoisotopic (exact) mass is 264 g/mol. The van der Waals surface area contributed by atoms with Gasteiger partial charge in [0.1, 0.15) is 11.4 Å². The third-order valence-corrected chi connectivity index (χ3v) is 2.20. The lowest BCUT2D eigenvalue weighted by atomic mass is 10.3. The van der Waals surface area contributed by atoms with Crippen LogP contribution >= 0.6 is 0 Å². The molecule has 0 amide bonds. The van der Waals surface area contributed by atoms with Crippen molar-refractivity contribution in [1.82, 2.24) is 25.4 Å². The number of hydrogen-bond donors (Lipinski definition) is 0. The average Bonchev–Trinajstić information content (AvgIpc) is 2.52. The molecule has 6 heteroatoms. The molecule has 0 saturated carbocycles. The maximum absolute atomic E-state index is 4.13. The van der Waals surface area contributed by atoms with E-state index in [4.69, 9.17) is 0 Å². The molecule has 0 atom stereocenters. The first-order valence-corrected chi connectivity index (χ1v) is 5.82. The van der Waals surface area contributed by atoms with Gasteiger partial charge in [0.2, 0.25) is 11.6 Å². The zero-order valence-corrected chi connectivity index (χ0v) is 10.7. The molecule has 0 bridgehead atoms. The molecule has 0 spiro atoms. The Hall–Kier alpha value is -3.02. The molecular formula is C14H12N6. The first-order valence-electron chi connectivity index (χ1n) is 5.82. The van der Waals surface area contributed by atoms with Crippen LogP contribution in [0.25, 0.3) is 17.2 Å². The van der Waals surface area contributed by atoms with Crippen LogP contribution in [0.5, 0.6) is 0 Å². The van der Waals surface area contributed by atoms with Crippen LogP contribution < -0.4 is 0 Å². The second-order valence-electron chi connectivity index (χ2n) is 3.56. The van der Waals surface area contributed by atoms with Crippen LogP contribution in [0.1, 0.15) is 5.82 Å². The van der Waals surface area contributed by atoms with Gasteiger partial charge >= 0.3 is 0 Å². The smallest absolute Gasteiger partial charge is 0.221 e. The zero-order valence-electron chi connectivity index (χ0n) is 10.7. The van der Waals surface area contributed by atoms with Crippen molar-refractivity contribution in [2.75, 3.05) is 0 Å². The molecule has 0 aliphatic heterocycles. The molecule has 2 aromatic rings. The molecule has 2 aromatic heterocycles. The van der Waals surface area contributed by atoms with E-state index in [1.165, 1.54) is 6.21 Å². The van der Waals surface area contributed by atoms with Crippen molar-refractivity contribution in [2.24, 2.45) is 4.99 Å². The number of aromatic nitrogens is 5. The van der Waals surface area contributed by atoms with Gasteiger partial charge in [-0.25, -0.2) is 0 Å². The highest BCUT2D eigenvalue weighted by atomic mass is 15.3. The van der Waals surface area contributed by atoms with Gasteiger partial charge in [0.05, 0.1) is 0 Å². The summed E-state index contributed by atoms with van der Waals surface area (Å²) in [6, 6.07) is 5.44. The normalized spacial score (nSPS) is 11.5. The molecule has 0 unspecified atom stereocenters. The third-order valence-electron chi connectivity index (χ3n) is 2.20. The van der Waals surface area contributed by atoms with Crippen molar-refractivity contribution in [3.05, 3.63) is 61.6 Å². The van der Waals surface area contributed by atoms with Gasteiger partial charge in [-0.05, 0) is 18.2 Å². The molecule has 6 nitrogen and oxygen atoms in total. The number of allylic oxidation sites excluding steroid dienone is 3. The average molecular weight is 264 g/mol. The summed E-state index contributed by atoms with van der Waals surface area (Å²) in [7, 11) is 0. The fourth-order valence-corrected chi connectivity index (χ4v) is 1.35. The zero-order chi connectivity index (χ0) is 14.2. The van der Waals surface area contributed by atoms with Crippen molar-refractivity contribution >= 4 is 11.9 Å². The molecular weight excluding hydrogens is 252 g/mol. The van der Waals surface area contributed by atoms with Gasteiger partial charge in [0, 0.05) is 12.4 Å². The van der Waals surface area contributed by atoms with E-state index in [-0.39, 0.29) is 0 Å². The van der Waals surface area contributed by atoms with Crippen molar-refractivity contribution in [1.29, 1.82) is 0 Å². The number of pyridine rings is 1. The minimum Gasteiger partial charge on any atom is -0.253 e. The van der Waals surface area contributed by atoms with Crippen molar-refractivity contribution in [3.8, 4) is 11.5 Å². The molecule has 0 aliphatic carbocycles. The molecule has 20 heavy (non-hydrogen) atoms. The number of nitrogens with zero attached hydrogens (tertiary/aromatic N) is 6. The molecule has 0 aromatic carbocycles. The summed E-state index contributed by atoms with van der Waals surface area (Å²) >= 11 is 0. The Labute approximate surface area is 116 Å². The highest BCUT2D eigenvalue weighted by Gasteiger charge is 2.07. The molecule has 0 saturated heterocycles. The highest BCUT2D eigenvalue weighted by molar-refractivity contribution is 5.78. The van der Waals surface area contributed by atoms with Crippen LogP contribution in [0.2, 0.25) is 0 Å². The molecule has 2 rings (SSSR count). The predicted molar refractivity (Wildman–Crippen MR) is 77.7 cm³/mol. The van der Waals surface area contributed by atoms with E-state index < -0.39 is 0 Å². The summed E-state index contributed by atoms with van der Waals surface area (Å²) in [6.07, 6.45) is 8.00. The third kappa shape index (κ3) is 3.26. The van der Waals surface area contributed by atoms with Crippen LogP contribution in [0.3, 0.4) is 0 Å². The van der Waals surface area contributed by atoms with Crippen LogP contribution in [0.4, 0.5) is 0 Å². The minimum atomic E-state index is 0.308. The molecule has 98 valence electrons. The van der Waals surface area contributed by atoms with Gasteiger partial charge in [-0.1, -0.05) is 31.4 Å². The topological polar surface area (TPSA) is 76.8 Å². The Morgan fingerprint density at radius 1 is 1.05 bits per heavy atom. The Kier molecular flexibility index (Phi) is 4.55. The van der Waals surface area contributed by atoms with Gasteiger partial charge in [-0.15, -0.1) is 20.4 Å². The van der Waals surface area contributed by atoms with E-state index in [0.717, 1.165) is 0 Å². The van der Waals surface area contributed by atoms with Gasteiger partial charge in [-0.2, -0.15) is 0 Å². The Morgan fingerprint density at radius 2 is 1.85 bits per heavy atom.